The van der Waals surface area contributed by atoms with Gasteiger partial charge >= 0.3 is 0 Å². The Balaban J connectivity index is 2.12. The number of nitrogens with zero attached hydrogens (tertiary/aromatic N) is 2. The number of aromatic nitrogens is 2. The third-order valence-corrected chi connectivity index (χ3v) is 4.22. The minimum atomic E-state index is -3.70. The quantitative estimate of drug-likeness (QED) is 0.734. The highest BCUT2D eigenvalue weighted by Crippen LogP contribution is 2.15. The molecule has 0 aliphatic heterocycles. The van der Waals surface area contributed by atoms with Crippen LogP contribution in [0, 0.1) is 0 Å². The molecule has 0 saturated heterocycles. The van der Waals surface area contributed by atoms with Crippen molar-refractivity contribution in [3.63, 3.8) is 0 Å². The van der Waals surface area contributed by atoms with E-state index in [9.17, 15) is 8.42 Å². The Labute approximate surface area is 121 Å². The van der Waals surface area contributed by atoms with E-state index in [1.807, 2.05) is 0 Å². The molecule has 0 fully saturated rings. The van der Waals surface area contributed by atoms with Crippen molar-refractivity contribution < 1.29 is 12.9 Å². The van der Waals surface area contributed by atoms with Gasteiger partial charge in [-0.05, 0) is 6.07 Å². The summed E-state index contributed by atoms with van der Waals surface area (Å²) in [7, 11) is -3.70. The zero-order valence-corrected chi connectivity index (χ0v) is 11.9. The second kappa shape index (κ2) is 6.07. The molecule has 0 bridgehead atoms. The topological polar surface area (TPSA) is 111 Å². The van der Waals surface area contributed by atoms with Crippen molar-refractivity contribution in [1.29, 1.82) is 0 Å². The van der Waals surface area contributed by atoms with Gasteiger partial charge in [-0.3, -0.25) is 0 Å². The zero-order valence-electron chi connectivity index (χ0n) is 10.3. The first-order valence-electron chi connectivity index (χ1n) is 5.65. The molecule has 9 heteroatoms. The summed E-state index contributed by atoms with van der Waals surface area (Å²) in [5.74, 6) is 0.357. The molecule has 7 nitrogen and oxygen atoms in total. The number of nitrogens with two attached hydrogens (primary N) is 1. The summed E-state index contributed by atoms with van der Waals surface area (Å²) in [6.45, 7) is 0.135. The van der Waals surface area contributed by atoms with E-state index in [1.54, 1.807) is 18.2 Å². The van der Waals surface area contributed by atoms with Gasteiger partial charge in [0.15, 0.2) is 6.33 Å². The van der Waals surface area contributed by atoms with Crippen molar-refractivity contribution in [2.24, 2.45) is 5.73 Å². The maximum absolute atomic E-state index is 12.2. The van der Waals surface area contributed by atoms with Crippen LogP contribution < -0.4 is 10.5 Å². The van der Waals surface area contributed by atoms with Gasteiger partial charge in [-0.2, -0.15) is 4.98 Å². The predicted octanol–water partition coefficient (Wildman–Crippen LogP) is 0.225. The molecule has 3 N–H and O–H groups in total. The monoisotopic (exact) mass is 312 g/mol. The number of hydrogen-bond donors (Lipinski definition) is 2. The predicted molar refractivity (Wildman–Crippen MR) is 75.5 cm³/mol. The molecule has 2 aromatic rings. The summed E-state index contributed by atoms with van der Waals surface area (Å²) in [6, 6.07) is 6.29. The lowest BCUT2D eigenvalue weighted by Crippen LogP contribution is -2.28. The summed E-state index contributed by atoms with van der Waals surface area (Å²) < 4.78 is 31.6. The number of rotatable bonds is 6. The smallest absolute Gasteiger partial charge is 0.241 e. The Morgan fingerprint density at radius 1 is 1.40 bits per heavy atom. The normalized spacial score (nSPS) is 11.4. The Hall–Kier alpha value is -1.84. The van der Waals surface area contributed by atoms with Crippen LogP contribution in [0.15, 0.2) is 40.0 Å². The largest absolute Gasteiger partial charge is 0.389 e. The third-order valence-electron chi connectivity index (χ3n) is 2.48. The second-order valence-corrected chi connectivity index (χ2v) is 6.02. The van der Waals surface area contributed by atoms with E-state index in [1.165, 1.54) is 12.4 Å². The standard InChI is InChI=1S/C11H12N4O3S2/c12-11(19)8-3-1-2-4-9(8)20(16,17)15-6-5-10-13-7-14-18-10/h1-4,7,15H,5-6H2,(H2,12,19). The van der Waals surface area contributed by atoms with Crippen molar-refractivity contribution in [1.82, 2.24) is 14.9 Å². The van der Waals surface area contributed by atoms with Crippen molar-refractivity contribution >= 4 is 27.2 Å². The van der Waals surface area contributed by atoms with Crippen molar-refractivity contribution in [3.05, 3.63) is 42.0 Å². The van der Waals surface area contributed by atoms with Crippen molar-refractivity contribution in [2.45, 2.75) is 11.3 Å². The highest BCUT2D eigenvalue weighted by Gasteiger charge is 2.19. The molecule has 0 spiro atoms. The van der Waals surface area contributed by atoms with Gasteiger partial charge in [-0.25, -0.2) is 13.1 Å². The first-order chi connectivity index (χ1) is 9.50. The Morgan fingerprint density at radius 3 is 2.80 bits per heavy atom. The van der Waals surface area contributed by atoms with Crippen LogP contribution in [-0.4, -0.2) is 30.1 Å². The molecule has 20 heavy (non-hydrogen) atoms. The number of hydrogen-bond acceptors (Lipinski definition) is 6. The van der Waals surface area contributed by atoms with Crippen LogP contribution in [0.4, 0.5) is 0 Å². The summed E-state index contributed by atoms with van der Waals surface area (Å²) in [5.41, 5.74) is 5.84. The molecule has 0 amide bonds. The molecule has 0 aliphatic rings. The molecular formula is C11H12N4O3S2. The van der Waals surface area contributed by atoms with Gasteiger partial charge in [0.05, 0.1) is 4.90 Å². The third kappa shape index (κ3) is 3.38. The summed E-state index contributed by atoms with van der Waals surface area (Å²) >= 11 is 4.85. The van der Waals surface area contributed by atoms with Gasteiger partial charge in [0, 0.05) is 18.5 Å². The molecule has 0 unspecified atom stereocenters. The van der Waals surface area contributed by atoms with Crippen LogP contribution in [0.1, 0.15) is 11.5 Å². The van der Waals surface area contributed by atoms with E-state index in [-0.39, 0.29) is 16.4 Å². The number of thiocarbonyl (C=S) groups is 1. The summed E-state index contributed by atoms with van der Waals surface area (Å²) in [5, 5.41) is 3.44. The Kier molecular flexibility index (Phi) is 4.42. The van der Waals surface area contributed by atoms with Crippen molar-refractivity contribution in [3.8, 4) is 0 Å². The van der Waals surface area contributed by atoms with Gasteiger partial charge in [0.25, 0.3) is 0 Å². The first-order valence-corrected chi connectivity index (χ1v) is 7.54. The molecule has 1 aromatic heterocycles. The van der Waals surface area contributed by atoms with Crippen LogP contribution in [0.3, 0.4) is 0 Å². The number of benzene rings is 1. The van der Waals surface area contributed by atoms with Gasteiger partial charge in [-0.15, -0.1) is 0 Å². The average Bonchev–Trinajstić information content (AvgIpc) is 2.91. The van der Waals surface area contributed by atoms with E-state index in [0.717, 1.165) is 0 Å². The minimum Gasteiger partial charge on any atom is -0.389 e. The minimum absolute atomic E-state index is 0.0304. The van der Waals surface area contributed by atoms with Gasteiger partial charge < -0.3 is 10.3 Å². The Bertz CT molecular complexity index is 698. The van der Waals surface area contributed by atoms with Crippen LogP contribution in [0.5, 0.6) is 0 Å². The van der Waals surface area contributed by atoms with E-state index >= 15 is 0 Å². The number of sulfonamides is 1. The molecule has 2 rings (SSSR count). The van der Waals surface area contributed by atoms with E-state index in [2.05, 4.69) is 14.9 Å². The molecule has 0 radical (unpaired) electrons. The van der Waals surface area contributed by atoms with Crippen LogP contribution >= 0.6 is 12.2 Å². The molecule has 0 aliphatic carbocycles. The first kappa shape index (κ1) is 14.6. The lowest BCUT2D eigenvalue weighted by molar-refractivity contribution is 0.377. The molecule has 106 valence electrons. The molecule has 0 atom stereocenters. The fourth-order valence-electron chi connectivity index (χ4n) is 1.58. The Morgan fingerprint density at radius 2 is 2.15 bits per heavy atom. The molecular weight excluding hydrogens is 300 g/mol. The lowest BCUT2D eigenvalue weighted by Gasteiger charge is -2.09. The molecule has 0 saturated carbocycles. The van der Waals surface area contributed by atoms with Crippen molar-refractivity contribution in [2.75, 3.05) is 6.54 Å². The lowest BCUT2D eigenvalue weighted by atomic mass is 10.2. The highest BCUT2D eigenvalue weighted by atomic mass is 32.2. The summed E-state index contributed by atoms with van der Waals surface area (Å²) in [6.07, 6.45) is 1.56. The van der Waals surface area contributed by atoms with Gasteiger partial charge in [0.2, 0.25) is 15.9 Å². The van der Waals surface area contributed by atoms with Crippen LogP contribution in [-0.2, 0) is 16.4 Å². The molecule has 1 aromatic carbocycles. The SMILES string of the molecule is NC(=S)c1ccccc1S(=O)(=O)NCCc1ncno1. The zero-order chi connectivity index (χ0) is 14.6. The van der Waals surface area contributed by atoms with Crippen LogP contribution in [0.25, 0.3) is 0 Å². The summed E-state index contributed by atoms with van der Waals surface area (Å²) in [4.78, 5) is 3.89. The average molecular weight is 312 g/mol. The van der Waals surface area contributed by atoms with E-state index in [0.29, 0.717) is 17.9 Å². The van der Waals surface area contributed by atoms with E-state index < -0.39 is 10.0 Å². The van der Waals surface area contributed by atoms with Crippen LogP contribution in [0.2, 0.25) is 0 Å². The van der Waals surface area contributed by atoms with Gasteiger partial charge in [0.1, 0.15) is 4.99 Å². The maximum atomic E-state index is 12.2. The van der Waals surface area contributed by atoms with Gasteiger partial charge in [-0.1, -0.05) is 35.6 Å². The number of nitrogens with one attached hydrogen (secondary N) is 1. The second-order valence-electron chi connectivity index (χ2n) is 3.84. The fourth-order valence-corrected chi connectivity index (χ4v) is 3.07. The molecule has 1 heterocycles. The van der Waals surface area contributed by atoms with E-state index in [4.69, 9.17) is 22.5 Å². The maximum Gasteiger partial charge on any atom is 0.241 e. The fraction of sp³-hybridized carbons (Fsp3) is 0.182. The highest BCUT2D eigenvalue weighted by molar-refractivity contribution is 7.89.